The number of likely N-dealkylation sites (tertiary alicyclic amines) is 1. The molecule has 4 aromatic rings. The standard InChI is InChI=1S/C30H37N3O2S/c1-32(2)19-26-28(34-20-22-6-7-22)11-9-25-27(31-35-30(25)26)10-8-21-12-15-33(16-13-21)18-23-4-3-5-29-24(23)14-17-36-29/h3-5,9,11,14,17,21-22H,6-8,10,12-13,15-16,18-20H2,1-2H3. The number of ether oxygens (including phenoxy) is 1. The fraction of sp³-hybridized carbons (Fsp3) is 0.500. The van der Waals surface area contributed by atoms with E-state index in [0.717, 1.165) is 65.9 Å². The van der Waals surface area contributed by atoms with Gasteiger partial charge in [-0.1, -0.05) is 17.3 Å². The fourth-order valence-corrected chi connectivity index (χ4v) is 6.41. The zero-order chi connectivity index (χ0) is 24.5. The molecule has 0 amide bonds. The van der Waals surface area contributed by atoms with Crippen LogP contribution in [0.3, 0.4) is 0 Å². The molecule has 1 aliphatic carbocycles. The molecule has 0 radical (unpaired) electrons. The van der Waals surface area contributed by atoms with E-state index in [1.54, 1.807) is 0 Å². The van der Waals surface area contributed by atoms with Gasteiger partial charge >= 0.3 is 0 Å². The molecule has 0 bridgehead atoms. The molecule has 2 fully saturated rings. The van der Waals surface area contributed by atoms with Crippen molar-refractivity contribution in [1.29, 1.82) is 0 Å². The molecule has 0 spiro atoms. The SMILES string of the molecule is CN(C)Cc1c(OCC2CC2)ccc2c(CCC3CCN(Cc4cccc5sccc45)CC3)noc12. The number of hydrogen-bond acceptors (Lipinski definition) is 6. The van der Waals surface area contributed by atoms with Crippen LogP contribution in [0, 0.1) is 11.8 Å². The lowest BCUT2D eigenvalue weighted by molar-refractivity contribution is 0.172. The van der Waals surface area contributed by atoms with Crippen LogP contribution in [0.15, 0.2) is 46.3 Å². The minimum Gasteiger partial charge on any atom is -0.493 e. The van der Waals surface area contributed by atoms with Crippen LogP contribution < -0.4 is 4.74 Å². The number of fused-ring (bicyclic) bond motifs is 2. The van der Waals surface area contributed by atoms with Crippen LogP contribution in [0.2, 0.25) is 0 Å². The Kier molecular flexibility index (Phi) is 7.00. The van der Waals surface area contributed by atoms with Crippen LogP contribution in [-0.2, 0) is 19.5 Å². The third-order valence-electron chi connectivity index (χ3n) is 7.90. The molecule has 190 valence electrons. The largest absolute Gasteiger partial charge is 0.493 e. The molecular weight excluding hydrogens is 466 g/mol. The van der Waals surface area contributed by atoms with Crippen molar-refractivity contribution in [1.82, 2.24) is 15.0 Å². The van der Waals surface area contributed by atoms with Gasteiger partial charge in [-0.2, -0.15) is 0 Å². The van der Waals surface area contributed by atoms with Crippen molar-refractivity contribution in [2.24, 2.45) is 11.8 Å². The lowest BCUT2D eigenvalue weighted by atomic mass is 9.90. The van der Waals surface area contributed by atoms with Crippen molar-refractivity contribution < 1.29 is 9.26 Å². The highest BCUT2D eigenvalue weighted by Crippen LogP contribution is 2.35. The summed E-state index contributed by atoms with van der Waals surface area (Å²) in [4.78, 5) is 4.80. The zero-order valence-corrected chi connectivity index (χ0v) is 22.4. The molecule has 6 rings (SSSR count). The summed E-state index contributed by atoms with van der Waals surface area (Å²) in [5.74, 6) is 2.44. The third kappa shape index (κ3) is 5.31. The minimum atomic E-state index is 0.731. The molecule has 0 unspecified atom stereocenters. The van der Waals surface area contributed by atoms with Crippen molar-refractivity contribution in [2.45, 2.75) is 51.6 Å². The number of piperidine rings is 1. The van der Waals surface area contributed by atoms with Crippen molar-refractivity contribution >= 4 is 32.4 Å². The Morgan fingerprint density at radius 1 is 1.03 bits per heavy atom. The summed E-state index contributed by atoms with van der Waals surface area (Å²) in [6, 6.07) is 13.3. The second-order valence-electron chi connectivity index (χ2n) is 11.0. The number of aromatic nitrogens is 1. The summed E-state index contributed by atoms with van der Waals surface area (Å²) in [6.45, 7) is 5.03. The van der Waals surface area contributed by atoms with E-state index in [-0.39, 0.29) is 0 Å². The van der Waals surface area contributed by atoms with Crippen molar-refractivity contribution in [2.75, 3.05) is 33.8 Å². The first-order chi connectivity index (χ1) is 17.6. The molecule has 36 heavy (non-hydrogen) atoms. The third-order valence-corrected chi connectivity index (χ3v) is 8.78. The predicted octanol–water partition coefficient (Wildman–Crippen LogP) is 6.74. The Balaban J connectivity index is 1.07. The van der Waals surface area contributed by atoms with Gasteiger partial charge in [0.25, 0.3) is 0 Å². The topological polar surface area (TPSA) is 41.7 Å². The van der Waals surface area contributed by atoms with Gasteiger partial charge in [0, 0.05) is 23.2 Å². The van der Waals surface area contributed by atoms with Crippen LogP contribution >= 0.6 is 11.3 Å². The molecule has 5 nitrogen and oxygen atoms in total. The van der Waals surface area contributed by atoms with Gasteiger partial charge in [-0.25, -0.2) is 0 Å². The van der Waals surface area contributed by atoms with Gasteiger partial charge in [0.1, 0.15) is 5.75 Å². The van der Waals surface area contributed by atoms with E-state index in [4.69, 9.17) is 9.26 Å². The molecule has 2 aromatic carbocycles. The van der Waals surface area contributed by atoms with Gasteiger partial charge in [0.2, 0.25) is 0 Å². The zero-order valence-electron chi connectivity index (χ0n) is 21.5. The number of hydrogen-bond donors (Lipinski definition) is 0. The average molecular weight is 504 g/mol. The van der Waals surface area contributed by atoms with Crippen molar-refractivity contribution in [3.8, 4) is 5.75 Å². The molecular formula is C30H37N3O2S. The minimum absolute atomic E-state index is 0.731. The summed E-state index contributed by atoms with van der Waals surface area (Å²) in [5.41, 5.74) is 4.61. The van der Waals surface area contributed by atoms with Crippen LogP contribution in [0.4, 0.5) is 0 Å². The van der Waals surface area contributed by atoms with Gasteiger partial charge in [-0.05, 0) is 118 Å². The summed E-state index contributed by atoms with van der Waals surface area (Å²) >= 11 is 1.84. The van der Waals surface area contributed by atoms with E-state index in [1.165, 1.54) is 60.8 Å². The van der Waals surface area contributed by atoms with Gasteiger partial charge < -0.3 is 14.2 Å². The second-order valence-corrected chi connectivity index (χ2v) is 12.0. The molecule has 1 saturated carbocycles. The first-order valence-corrected chi connectivity index (χ1v) is 14.4. The second kappa shape index (κ2) is 10.5. The van der Waals surface area contributed by atoms with Gasteiger partial charge in [-0.3, -0.25) is 4.90 Å². The number of rotatable bonds is 10. The normalized spacial score (nSPS) is 17.5. The number of aryl methyl sites for hydroxylation is 1. The lowest BCUT2D eigenvalue weighted by Gasteiger charge is -2.32. The average Bonchev–Trinajstić information content (AvgIpc) is 3.41. The highest BCUT2D eigenvalue weighted by atomic mass is 32.1. The van der Waals surface area contributed by atoms with Crippen molar-refractivity contribution in [3.05, 3.63) is 58.6 Å². The molecule has 1 aliphatic heterocycles. The summed E-state index contributed by atoms with van der Waals surface area (Å²) in [6.07, 6.45) is 7.28. The summed E-state index contributed by atoms with van der Waals surface area (Å²) < 4.78 is 13.5. The maximum Gasteiger partial charge on any atom is 0.175 e. The Morgan fingerprint density at radius 3 is 2.69 bits per heavy atom. The Morgan fingerprint density at radius 2 is 1.89 bits per heavy atom. The molecule has 2 aromatic heterocycles. The predicted molar refractivity (Wildman–Crippen MR) is 148 cm³/mol. The van der Waals surface area contributed by atoms with E-state index >= 15 is 0 Å². The van der Waals surface area contributed by atoms with E-state index < -0.39 is 0 Å². The fourth-order valence-electron chi connectivity index (χ4n) is 5.57. The smallest absolute Gasteiger partial charge is 0.175 e. The first kappa shape index (κ1) is 24.0. The number of nitrogens with zero attached hydrogens (tertiary/aromatic N) is 3. The van der Waals surface area contributed by atoms with E-state index in [1.807, 2.05) is 11.3 Å². The Labute approximate surface area is 218 Å². The summed E-state index contributed by atoms with van der Waals surface area (Å²) in [5, 5.41) is 9.33. The summed E-state index contributed by atoms with van der Waals surface area (Å²) in [7, 11) is 4.18. The maximum absolute atomic E-state index is 6.19. The van der Waals surface area contributed by atoms with Crippen LogP contribution in [0.1, 0.15) is 48.9 Å². The molecule has 3 heterocycles. The highest BCUT2D eigenvalue weighted by molar-refractivity contribution is 7.17. The number of benzene rings is 2. The quantitative estimate of drug-likeness (QED) is 0.240. The van der Waals surface area contributed by atoms with Crippen LogP contribution in [0.25, 0.3) is 21.1 Å². The molecule has 1 saturated heterocycles. The Bertz CT molecular complexity index is 1310. The van der Waals surface area contributed by atoms with Gasteiger partial charge in [0.15, 0.2) is 5.58 Å². The van der Waals surface area contributed by atoms with Gasteiger partial charge in [0.05, 0.1) is 17.9 Å². The van der Waals surface area contributed by atoms with Crippen molar-refractivity contribution in [3.63, 3.8) is 0 Å². The number of thiophene rings is 1. The van der Waals surface area contributed by atoms with Gasteiger partial charge in [-0.15, -0.1) is 11.3 Å². The maximum atomic E-state index is 6.19. The molecule has 0 atom stereocenters. The molecule has 2 aliphatic rings. The first-order valence-electron chi connectivity index (χ1n) is 13.5. The Hall–Kier alpha value is -2.41. The van der Waals surface area contributed by atoms with Crippen LogP contribution in [0.5, 0.6) is 5.75 Å². The van der Waals surface area contributed by atoms with Crippen LogP contribution in [-0.4, -0.2) is 48.7 Å². The van der Waals surface area contributed by atoms with E-state index in [9.17, 15) is 0 Å². The monoisotopic (exact) mass is 503 g/mol. The lowest BCUT2D eigenvalue weighted by Crippen LogP contribution is -2.33. The molecule has 0 N–H and O–H groups in total. The van der Waals surface area contributed by atoms with E-state index in [2.05, 4.69) is 70.8 Å². The molecule has 6 heteroatoms. The van der Waals surface area contributed by atoms with E-state index in [0.29, 0.717) is 0 Å². The highest BCUT2D eigenvalue weighted by Gasteiger charge is 2.25.